The molecule has 0 saturated carbocycles. The molecule has 166 valence electrons. The van der Waals surface area contributed by atoms with E-state index in [1.807, 2.05) is 0 Å². The van der Waals surface area contributed by atoms with Crippen LogP contribution < -0.4 is 10.2 Å². The number of halogens is 4. The van der Waals surface area contributed by atoms with Crippen LogP contribution in [0.3, 0.4) is 0 Å². The summed E-state index contributed by atoms with van der Waals surface area (Å²) >= 11 is 5.73. The van der Waals surface area contributed by atoms with Gasteiger partial charge in [0.05, 0.1) is 23.5 Å². The first-order valence-electron chi connectivity index (χ1n) is 9.45. The van der Waals surface area contributed by atoms with Crippen molar-refractivity contribution in [2.45, 2.75) is 19.9 Å². The first-order valence-corrected chi connectivity index (χ1v) is 9.83. The second-order valence-corrected chi connectivity index (χ2v) is 7.18. The lowest BCUT2D eigenvalue weighted by Gasteiger charge is -2.21. The first-order chi connectivity index (χ1) is 15.2. The summed E-state index contributed by atoms with van der Waals surface area (Å²) in [5.41, 5.74) is 1.57. The van der Waals surface area contributed by atoms with Gasteiger partial charge >= 0.3 is 0 Å². The number of benzene rings is 1. The Kier molecular flexibility index (Phi) is 7.42. The SMILES string of the molecule is CC(=O)N(CC(F)F)c1ccc(-c2ccc(C(=O)NCc3ccc(Cl)nc3)cn2)cc1F. The van der Waals surface area contributed by atoms with E-state index < -0.39 is 24.7 Å². The lowest BCUT2D eigenvalue weighted by Crippen LogP contribution is -2.33. The number of hydrogen-bond donors (Lipinski definition) is 1. The zero-order chi connectivity index (χ0) is 23.3. The van der Waals surface area contributed by atoms with Gasteiger partial charge in [-0.05, 0) is 35.9 Å². The van der Waals surface area contributed by atoms with E-state index in [1.165, 1.54) is 30.5 Å². The van der Waals surface area contributed by atoms with E-state index in [0.29, 0.717) is 26.9 Å². The smallest absolute Gasteiger partial charge is 0.256 e. The molecular formula is C22H18ClF3N4O2. The maximum absolute atomic E-state index is 14.5. The third-order valence-corrected chi connectivity index (χ3v) is 4.73. The molecule has 0 spiro atoms. The van der Waals surface area contributed by atoms with E-state index >= 15 is 0 Å². The minimum absolute atomic E-state index is 0.241. The van der Waals surface area contributed by atoms with Crippen LogP contribution in [0.25, 0.3) is 11.3 Å². The zero-order valence-electron chi connectivity index (χ0n) is 16.9. The van der Waals surface area contributed by atoms with E-state index in [-0.39, 0.29) is 18.1 Å². The fourth-order valence-electron chi connectivity index (χ4n) is 2.91. The number of carbonyl (C=O) groups excluding carboxylic acids is 2. The van der Waals surface area contributed by atoms with Crippen molar-refractivity contribution in [1.29, 1.82) is 0 Å². The Bertz CT molecular complexity index is 1110. The van der Waals surface area contributed by atoms with Crippen LogP contribution >= 0.6 is 11.6 Å². The van der Waals surface area contributed by atoms with Crippen molar-refractivity contribution < 1.29 is 22.8 Å². The summed E-state index contributed by atoms with van der Waals surface area (Å²) in [4.78, 5) is 32.7. The van der Waals surface area contributed by atoms with Crippen molar-refractivity contribution in [2.75, 3.05) is 11.4 Å². The number of anilines is 1. The number of rotatable bonds is 7. The second kappa shape index (κ2) is 10.2. The minimum Gasteiger partial charge on any atom is -0.348 e. The molecule has 1 aromatic carbocycles. The van der Waals surface area contributed by atoms with E-state index in [1.54, 1.807) is 18.3 Å². The van der Waals surface area contributed by atoms with Crippen molar-refractivity contribution in [2.24, 2.45) is 0 Å². The predicted octanol–water partition coefficient (Wildman–Crippen LogP) is 4.48. The van der Waals surface area contributed by atoms with Gasteiger partial charge in [-0.3, -0.25) is 14.6 Å². The molecule has 3 rings (SSSR count). The van der Waals surface area contributed by atoms with Crippen LogP contribution in [0.4, 0.5) is 18.9 Å². The van der Waals surface area contributed by atoms with Gasteiger partial charge in [-0.2, -0.15) is 0 Å². The summed E-state index contributed by atoms with van der Waals surface area (Å²) < 4.78 is 40.0. The lowest BCUT2D eigenvalue weighted by molar-refractivity contribution is -0.117. The van der Waals surface area contributed by atoms with Crippen molar-refractivity contribution in [1.82, 2.24) is 15.3 Å². The number of alkyl halides is 2. The quantitative estimate of drug-likeness (QED) is 0.525. The van der Waals surface area contributed by atoms with Crippen LogP contribution in [-0.4, -0.2) is 34.8 Å². The highest BCUT2D eigenvalue weighted by Crippen LogP contribution is 2.26. The molecule has 0 unspecified atom stereocenters. The highest BCUT2D eigenvalue weighted by molar-refractivity contribution is 6.29. The average molecular weight is 463 g/mol. The van der Waals surface area contributed by atoms with Gasteiger partial charge in [0.15, 0.2) is 0 Å². The van der Waals surface area contributed by atoms with Gasteiger partial charge < -0.3 is 10.2 Å². The highest BCUT2D eigenvalue weighted by atomic mass is 35.5. The molecule has 2 heterocycles. The number of aromatic nitrogens is 2. The maximum atomic E-state index is 14.5. The third kappa shape index (κ3) is 5.82. The van der Waals surface area contributed by atoms with E-state index in [2.05, 4.69) is 15.3 Å². The molecule has 32 heavy (non-hydrogen) atoms. The molecule has 0 bridgehead atoms. The summed E-state index contributed by atoms with van der Waals surface area (Å²) in [5.74, 6) is -1.89. The highest BCUT2D eigenvalue weighted by Gasteiger charge is 2.20. The summed E-state index contributed by atoms with van der Waals surface area (Å²) in [7, 11) is 0. The molecule has 0 aliphatic carbocycles. The normalized spacial score (nSPS) is 10.8. The molecule has 1 N–H and O–H groups in total. The van der Waals surface area contributed by atoms with Crippen LogP contribution in [0.15, 0.2) is 54.9 Å². The summed E-state index contributed by atoms with van der Waals surface area (Å²) in [6.07, 6.45) is 0.0979. The van der Waals surface area contributed by atoms with Gasteiger partial charge in [-0.15, -0.1) is 0 Å². The number of hydrogen-bond acceptors (Lipinski definition) is 4. The third-order valence-electron chi connectivity index (χ3n) is 4.50. The predicted molar refractivity (Wildman–Crippen MR) is 114 cm³/mol. The van der Waals surface area contributed by atoms with Gasteiger partial charge in [0.1, 0.15) is 11.0 Å². The number of carbonyl (C=O) groups is 2. The molecule has 0 saturated heterocycles. The van der Waals surface area contributed by atoms with E-state index in [9.17, 15) is 22.8 Å². The van der Waals surface area contributed by atoms with Crippen molar-refractivity contribution in [3.8, 4) is 11.3 Å². The standard InChI is InChI=1S/C22H18ClF3N4O2/c1-13(31)30(12-21(25)26)19-6-4-15(8-17(19)24)18-5-3-16(11-27-18)22(32)29-10-14-2-7-20(23)28-9-14/h2-9,11,21H,10,12H2,1H3,(H,29,32). The van der Waals surface area contributed by atoms with E-state index in [4.69, 9.17) is 11.6 Å². The molecule has 0 aliphatic heterocycles. The minimum atomic E-state index is -2.80. The number of nitrogens with zero attached hydrogens (tertiary/aromatic N) is 3. The van der Waals surface area contributed by atoms with Crippen LogP contribution in [0, 0.1) is 5.82 Å². The van der Waals surface area contributed by atoms with Gasteiger partial charge in [0, 0.05) is 31.4 Å². The molecule has 0 fully saturated rings. The molecular weight excluding hydrogens is 445 g/mol. The van der Waals surface area contributed by atoms with Crippen LogP contribution in [-0.2, 0) is 11.3 Å². The Labute approximate surface area is 187 Å². The fourth-order valence-corrected chi connectivity index (χ4v) is 3.03. The summed E-state index contributed by atoms with van der Waals surface area (Å²) in [6, 6.07) is 10.2. The van der Waals surface area contributed by atoms with Gasteiger partial charge in [0.25, 0.3) is 12.3 Å². The number of amides is 2. The summed E-state index contributed by atoms with van der Waals surface area (Å²) in [5, 5.41) is 3.08. The van der Waals surface area contributed by atoms with Crippen molar-refractivity contribution >= 4 is 29.1 Å². The topological polar surface area (TPSA) is 75.2 Å². The monoisotopic (exact) mass is 462 g/mol. The number of nitrogens with one attached hydrogen (secondary N) is 1. The molecule has 0 radical (unpaired) electrons. The summed E-state index contributed by atoms with van der Waals surface area (Å²) in [6.45, 7) is 0.437. The second-order valence-electron chi connectivity index (χ2n) is 6.79. The molecule has 2 amide bonds. The maximum Gasteiger partial charge on any atom is 0.256 e. The van der Waals surface area contributed by atoms with Gasteiger partial charge in [-0.1, -0.05) is 23.7 Å². The molecule has 0 aliphatic rings. The number of pyridine rings is 2. The van der Waals surface area contributed by atoms with Crippen LogP contribution in [0.1, 0.15) is 22.8 Å². The van der Waals surface area contributed by atoms with Gasteiger partial charge in [0.2, 0.25) is 5.91 Å². The molecule has 3 aromatic rings. The average Bonchev–Trinajstić information content (AvgIpc) is 2.77. The van der Waals surface area contributed by atoms with E-state index in [0.717, 1.165) is 18.6 Å². The Morgan fingerprint density at radius 1 is 1.09 bits per heavy atom. The fraction of sp³-hybridized carbons (Fsp3) is 0.182. The van der Waals surface area contributed by atoms with Gasteiger partial charge in [-0.25, -0.2) is 18.2 Å². The van der Waals surface area contributed by atoms with Crippen LogP contribution in [0.2, 0.25) is 5.15 Å². The Hall–Kier alpha value is -3.46. The molecule has 10 heteroatoms. The van der Waals surface area contributed by atoms with Crippen LogP contribution in [0.5, 0.6) is 0 Å². The largest absolute Gasteiger partial charge is 0.348 e. The lowest BCUT2D eigenvalue weighted by atomic mass is 10.1. The Morgan fingerprint density at radius 3 is 2.44 bits per heavy atom. The zero-order valence-corrected chi connectivity index (χ0v) is 17.6. The Morgan fingerprint density at radius 2 is 1.88 bits per heavy atom. The molecule has 0 atom stereocenters. The first kappa shape index (κ1) is 23.2. The van der Waals surface area contributed by atoms with Crippen molar-refractivity contribution in [3.05, 3.63) is 77.0 Å². The van der Waals surface area contributed by atoms with Crippen molar-refractivity contribution in [3.63, 3.8) is 0 Å². The molecule has 6 nitrogen and oxygen atoms in total. The Balaban J connectivity index is 1.71. The molecule has 2 aromatic heterocycles.